The second-order valence-electron chi connectivity index (χ2n) is 17.7. The third-order valence-electron chi connectivity index (χ3n) is 13.6. The number of fused-ring (bicyclic) bond motifs is 6. The van der Waals surface area contributed by atoms with E-state index < -0.39 is 0 Å². The number of rotatable bonds is 8. The molecule has 12 rings (SSSR count). The van der Waals surface area contributed by atoms with E-state index >= 15 is 0 Å². The van der Waals surface area contributed by atoms with Gasteiger partial charge in [0.15, 0.2) is 0 Å². The third kappa shape index (κ3) is 6.32. The lowest BCUT2D eigenvalue weighted by atomic mass is 9.82. The molecule has 0 N–H and O–H groups in total. The van der Waals surface area contributed by atoms with E-state index in [4.69, 9.17) is 0 Å². The lowest BCUT2D eigenvalue weighted by Gasteiger charge is -2.29. The van der Waals surface area contributed by atoms with E-state index in [2.05, 4.69) is 266 Å². The van der Waals surface area contributed by atoms with Gasteiger partial charge in [0, 0.05) is 38.7 Å². The first kappa shape index (κ1) is 38.5. The summed E-state index contributed by atoms with van der Waals surface area (Å²) in [5.41, 5.74) is 21.4. The molecule has 308 valence electrons. The quantitative estimate of drug-likeness (QED) is 0.148. The van der Waals surface area contributed by atoms with Crippen molar-refractivity contribution < 1.29 is 0 Å². The summed E-state index contributed by atoms with van der Waals surface area (Å²) >= 11 is 0. The Balaban J connectivity index is 1.17. The van der Waals surface area contributed by atoms with Gasteiger partial charge < -0.3 is 9.47 Å². The molecule has 0 aliphatic heterocycles. The Morgan fingerprint density at radius 1 is 0.338 bits per heavy atom. The van der Waals surface area contributed by atoms with E-state index in [1.54, 1.807) is 0 Å². The van der Waals surface area contributed by atoms with Crippen LogP contribution in [0.3, 0.4) is 0 Å². The van der Waals surface area contributed by atoms with Crippen molar-refractivity contribution in [3.8, 4) is 61.3 Å². The van der Waals surface area contributed by atoms with E-state index in [9.17, 15) is 0 Å². The number of nitrogens with zero attached hydrogens (tertiary/aromatic N) is 2. The maximum atomic E-state index is 2.52. The van der Waals surface area contributed by atoms with Gasteiger partial charge in [0.05, 0.1) is 22.4 Å². The van der Waals surface area contributed by atoms with Crippen LogP contribution in [0.2, 0.25) is 0 Å². The summed E-state index contributed by atoms with van der Waals surface area (Å²) in [7, 11) is 0. The molecule has 0 radical (unpaired) electrons. The Bertz CT molecular complexity index is 3490. The molecule has 10 aromatic carbocycles. The van der Waals surface area contributed by atoms with Crippen LogP contribution >= 0.6 is 0 Å². The summed E-state index contributed by atoms with van der Waals surface area (Å²) in [5.74, 6) is 0. The van der Waals surface area contributed by atoms with Crippen LogP contribution in [0.5, 0.6) is 0 Å². The van der Waals surface area contributed by atoms with E-state index in [0.29, 0.717) is 0 Å². The average molecular weight is 831 g/mol. The summed E-state index contributed by atoms with van der Waals surface area (Å²) < 4.78 is 2.52. The Morgan fingerprint density at radius 3 is 1.45 bits per heavy atom. The third-order valence-corrected chi connectivity index (χ3v) is 13.6. The Morgan fingerprint density at radius 2 is 0.800 bits per heavy atom. The molecule has 1 aliphatic rings. The molecule has 0 spiro atoms. The van der Waals surface area contributed by atoms with E-state index in [1.807, 2.05) is 0 Å². The maximum absolute atomic E-state index is 2.52. The maximum Gasteiger partial charge on any atom is 0.0618 e. The number of hydrogen-bond acceptors (Lipinski definition) is 1. The molecule has 65 heavy (non-hydrogen) atoms. The van der Waals surface area contributed by atoms with Crippen molar-refractivity contribution >= 4 is 38.9 Å². The average Bonchev–Trinajstić information content (AvgIpc) is 3.83. The number of para-hydroxylation sites is 2. The zero-order valence-corrected chi connectivity index (χ0v) is 36.5. The fraction of sp³-hybridized carbons (Fsp3) is 0.0476. The molecule has 0 bridgehead atoms. The molecule has 2 heteroatoms. The smallest absolute Gasteiger partial charge is 0.0618 e. The van der Waals surface area contributed by atoms with Gasteiger partial charge in [0.2, 0.25) is 0 Å². The Hall–Kier alpha value is -8.20. The molecule has 11 aromatic rings. The molecular formula is C63H46N2. The Labute approximate surface area is 381 Å². The first-order chi connectivity index (χ1) is 32.0. The van der Waals surface area contributed by atoms with Crippen molar-refractivity contribution in [3.05, 3.63) is 254 Å². The summed E-state index contributed by atoms with van der Waals surface area (Å²) in [5, 5.41) is 2.39. The van der Waals surface area contributed by atoms with Crippen molar-refractivity contribution in [1.29, 1.82) is 0 Å². The minimum atomic E-state index is -0.170. The van der Waals surface area contributed by atoms with Gasteiger partial charge in [-0.3, -0.25) is 0 Å². The molecule has 0 saturated carbocycles. The summed E-state index contributed by atoms with van der Waals surface area (Å²) in [6.07, 6.45) is 0. The van der Waals surface area contributed by atoms with Crippen LogP contribution in [-0.2, 0) is 5.41 Å². The molecule has 1 aliphatic carbocycles. The van der Waals surface area contributed by atoms with Crippen LogP contribution in [-0.4, -0.2) is 4.57 Å². The zero-order chi connectivity index (χ0) is 43.5. The van der Waals surface area contributed by atoms with Crippen molar-refractivity contribution in [3.63, 3.8) is 0 Å². The first-order valence-corrected chi connectivity index (χ1v) is 22.6. The highest BCUT2D eigenvalue weighted by Crippen LogP contribution is 2.52. The number of hydrogen-bond donors (Lipinski definition) is 0. The largest absolute Gasteiger partial charge is 0.310 e. The van der Waals surface area contributed by atoms with Crippen molar-refractivity contribution in [2.24, 2.45) is 0 Å². The van der Waals surface area contributed by atoms with Gasteiger partial charge in [-0.05, 0) is 98.1 Å². The number of aromatic nitrogens is 1. The molecule has 2 nitrogen and oxygen atoms in total. The van der Waals surface area contributed by atoms with Crippen LogP contribution in [0.15, 0.2) is 243 Å². The highest BCUT2D eigenvalue weighted by atomic mass is 15.1. The molecule has 1 heterocycles. The molecule has 0 fully saturated rings. The van der Waals surface area contributed by atoms with Crippen LogP contribution in [0.1, 0.15) is 25.0 Å². The summed E-state index contributed by atoms with van der Waals surface area (Å²) in [6.45, 7) is 4.74. The molecular weight excluding hydrogens is 785 g/mol. The molecule has 0 unspecified atom stereocenters. The van der Waals surface area contributed by atoms with Gasteiger partial charge in [-0.1, -0.05) is 214 Å². The van der Waals surface area contributed by atoms with Crippen molar-refractivity contribution in [1.82, 2.24) is 4.57 Å². The van der Waals surface area contributed by atoms with Crippen LogP contribution in [0, 0.1) is 0 Å². The van der Waals surface area contributed by atoms with Crippen LogP contribution in [0.25, 0.3) is 83.1 Å². The topological polar surface area (TPSA) is 8.17 Å². The zero-order valence-electron chi connectivity index (χ0n) is 36.5. The van der Waals surface area contributed by atoms with E-state index in [0.717, 1.165) is 33.8 Å². The number of benzene rings is 10. The lowest BCUT2D eigenvalue weighted by Crippen LogP contribution is -2.16. The van der Waals surface area contributed by atoms with E-state index in [1.165, 1.54) is 77.5 Å². The first-order valence-electron chi connectivity index (χ1n) is 22.6. The van der Waals surface area contributed by atoms with Gasteiger partial charge in [0.1, 0.15) is 0 Å². The minimum absolute atomic E-state index is 0.170. The van der Waals surface area contributed by atoms with Crippen molar-refractivity contribution in [2.45, 2.75) is 19.3 Å². The molecule has 0 atom stereocenters. The number of anilines is 3. The SMILES string of the molecule is CC1(C)c2ccccc2-c2ccc(N(c3ccc(-c4ccccc4)c(-c4ccccc4)c3)c3cccc4c3c3ccccc3n4-c3c(-c4ccccc4)cccc3-c3ccccc3)cc21. The summed E-state index contributed by atoms with van der Waals surface area (Å²) in [4.78, 5) is 2.51. The van der Waals surface area contributed by atoms with Crippen LogP contribution < -0.4 is 4.90 Å². The van der Waals surface area contributed by atoms with Crippen LogP contribution in [0.4, 0.5) is 17.1 Å². The van der Waals surface area contributed by atoms with Gasteiger partial charge in [-0.2, -0.15) is 0 Å². The van der Waals surface area contributed by atoms with Gasteiger partial charge in [0.25, 0.3) is 0 Å². The van der Waals surface area contributed by atoms with Crippen molar-refractivity contribution in [2.75, 3.05) is 4.90 Å². The Kier molecular flexibility index (Phi) is 9.21. The normalized spacial score (nSPS) is 12.6. The molecule has 0 amide bonds. The highest BCUT2D eigenvalue weighted by molar-refractivity contribution is 6.17. The fourth-order valence-electron chi connectivity index (χ4n) is 10.6. The summed E-state index contributed by atoms with van der Waals surface area (Å²) in [6, 6.07) is 89.0. The standard InChI is InChI=1S/C63H46N2/c1-63(2)56-33-17-15-29-52(56)53-40-38-48(42-57(53)63)64(47-37-39-49(43-21-7-3-8-22-43)55(41-47)46-27-13-6-14-28-46)59-35-20-36-60-61(59)54-30-16-18-34-58(54)65(60)62-50(44-23-9-4-10-24-44)31-19-32-51(62)45-25-11-5-12-26-45/h3-42H,1-2H3. The molecule has 1 aromatic heterocycles. The second-order valence-corrected chi connectivity index (χ2v) is 17.7. The molecule has 0 saturated heterocycles. The fourth-order valence-corrected chi connectivity index (χ4v) is 10.6. The van der Waals surface area contributed by atoms with Gasteiger partial charge in [-0.15, -0.1) is 0 Å². The second kappa shape index (κ2) is 15.6. The predicted octanol–water partition coefficient (Wildman–Crippen LogP) is 17.2. The van der Waals surface area contributed by atoms with Gasteiger partial charge >= 0.3 is 0 Å². The predicted molar refractivity (Wildman–Crippen MR) is 275 cm³/mol. The van der Waals surface area contributed by atoms with E-state index in [-0.39, 0.29) is 5.41 Å². The highest BCUT2D eigenvalue weighted by Gasteiger charge is 2.36. The lowest BCUT2D eigenvalue weighted by molar-refractivity contribution is 0.660. The monoisotopic (exact) mass is 830 g/mol. The minimum Gasteiger partial charge on any atom is -0.310 e. The van der Waals surface area contributed by atoms with Gasteiger partial charge in [-0.25, -0.2) is 0 Å².